The lowest BCUT2D eigenvalue weighted by atomic mass is 9.67. The van der Waals surface area contributed by atoms with Crippen LogP contribution in [0, 0.1) is 22.7 Å². The van der Waals surface area contributed by atoms with Crippen LogP contribution in [-0.2, 0) is 0 Å². The third-order valence-corrected chi connectivity index (χ3v) is 7.35. The summed E-state index contributed by atoms with van der Waals surface area (Å²) < 4.78 is 0. The molecule has 1 heterocycles. The summed E-state index contributed by atoms with van der Waals surface area (Å²) in [6.45, 7) is 16.2. The Kier molecular flexibility index (Phi) is 4.16. The molecule has 5 atom stereocenters. The number of hydrogen-bond acceptors (Lipinski definition) is 2. The van der Waals surface area contributed by atoms with Crippen LogP contribution in [-0.4, -0.2) is 36.6 Å². The zero-order valence-corrected chi connectivity index (χ0v) is 14.9. The van der Waals surface area contributed by atoms with E-state index in [0.717, 1.165) is 17.9 Å². The fourth-order valence-corrected chi connectivity index (χ4v) is 6.07. The molecule has 0 aromatic carbocycles. The highest BCUT2D eigenvalue weighted by Gasteiger charge is 2.61. The van der Waals surface area contributed by atoms with Gasteiger partial charge in [-0.1, -0.05) is 41.0 Å². The Morgan fingerprint density at radius 1 is 1.29 bits per heavy atom. The summed E-state index contributed by atoms with van der Waals surface area (Å²) in [5.41, 5.74) is 1.09. The first-order valence-electron chi connectivity index (χ1n) is 9.36. The van der Waals surface area contributed by atoms with Crippen molar-refractivity contribution in [3.63, 3.8) is 0 Å². The van der Waals surface area contributed by atoms with Gasteiger partial charge in [0.1, 0.15) is 0 Å². The predicted octanol–water partition coefficient (Wildman–Crippen LogP) is 3.91. The van der Waals surface area contributed by atoms with Crippen LogP contribution in [0.4, 0.5) is 0 Å². The van der Waals surface area contributed by atoms with Gasteiger partial charge in [0.25, 0.3) is 0 Å². The molecule has 1 saturated heterocycles. The molecule has 0 spiro atoms. The summed E-state index contributed by atoms with van der Waals surface area (Å²) in [5, 5.41) is 3.83. The zero-order valence-electron chi connectivity index (χ0n) is 14.9. The van der Waals surface area contributed by atoms with Gasteiger partial charge >= 0.3 is 0 Å². The van der Waals surface area contributed by atoms with Crippen molar-refractivity contribution in [3.8, 4) is 0 Å². The first kappa shape index (κ1) is 15.8. The van der Waals surface area contributed by atoms with E-state index >= 15 is 0 Å². The molecule has 0 aromatic heterocycles. The van der Waals surface area contributed by atoms with Crippen LogP contribution in [0.2, 0.25) is 0 Å². The Morgan fingerprint density at radius 2 is 2.05 bits per heavy atom. The van der Waals surface area contributed by atoms with Gasteiger partial charge in [-0.3, -0.25) is 4.90 Å². The van der Waals surface area contributed by atoms with Crippen molar-refractivity contribution in [3.05, 3.63) is 0 Å². The summed E-state index contributed by atoms with van der Waals surface area (Å²) in [6, 6.07) is 1.49. The number of rotatable bonds is 3. The highest BCUT2D eigenvalue weighted by molar-refractivity contribution is 5.13. The minimum Gasteiger partial charge on any atom is -0.312 e. The van der Waals surface area contributed by atoms with E-state index in [1.54, 1.807) is 0 Å². The Hall–Kier alpha value is -0.0800. The van der Waals surface area contributed by atoms with Crippen LogP contribution in [0.15, 0.2) is 0 Å². The summed E-state index contributed by atoms with van der Waals surface area (Å²) in [6.07, 6.45) is 7.02. The fourth-order valence-electron chi connectivity index (χ4n) is 6.07. The maximum Gasteiger partial charge on any atom is 0.0220 e. The lowest BCUT2D eigenvalue weighted by Gasteiger charge is -2.49. The molecule has 2 aliphatic carbocycles. The lowest BCUT2D eigenvalue weighted by molar-refractivity contribution is 0.000282. The van der Waals surface area contributed by atoms with Crippen molar-refractivity contribution in [2.75, 3.05) is 19.6 Å². The van der Waals surface area contributed by atoms with Crippen LogP contribution in [0.25, 0.3) is 0 Å². The van der Waals surface area contributed by atoms with Crippen LogP contribution in [0.3, 0.4) is 0 Å². The monoisotopic (exact) mass is 292 g/mol. The molecule has 0 aromatic rings. The predicted molar refractivity (Wildman–Crippen MR) is 90.5 cm³/mol. The van der Waals surface area contributed by atoms with Crippen LogP contribution >= 0.6 is 0 Å². The maximum atomic E-state index is 3.83. The molecule has 2 bridgehead atoms. The van der Waals surface area contributed by atoms with E-state index in [4.69, 9.17) is 0 Å². The highest BCUT2D eigenvalue weighted by atomic mass is 15.2. The Bertz CT molecular complexity index is 373. The first-order valence-corrected chi connectivity index (χ1v) is 9.36. The van der Waals surface area contributed by atoms with Crippen LogP contribution < -0.4 is 5.32 Å². The summed E-state index contributed by atoms with van der Waals surface area (Å²) in [7, 11) is 0. The third-order valence-electron chi connectivity index (χ3n) is 7.35. The molecule has 0 radical (unpaired) electrons. The normalized spacial score (nSPS) is 44.7. The second-order valence-corrected chi connectivity index (χ2v) is 9.11. The van der Waals surface area contributed by atoms with Gasteiger partial charge < -0.3 is 5.32 Å². The van der Waals surface area contributed by atoms with Gasteiger partial charge in [-0.15, -0.1) is 0 Å². The van der Waals surface area contributed by atoms with E-state index in [-0.39, 0.29) is 0 Å². The Morgan fingerprint density at radius 3 is 2.67 bits per heavy atom. The fraction of sp³-hybridized carbons (Fsp3) is 1.00. The average Bonchev–Trinajstić information content (AvgIpc) is 2.78. The van der Waals surface area contributed by atoms with E-state index in [1.165, 1.54) is 51.7 Å². The van der Waals surface area contributed by atoms with Crippen LogP contribution in [0.5, 0.6) is 0 Å². The molecule has 2 nitrogen and oxygen atoms in total. The van der Waals surface area contributed by atoms with Crippen molar-refractivity contribution in [1.29, 1.82) is 0 Å². The Labute approximate surface area is 132 Å². The average molecular weight is 293 g/mol. The van der Waals surface area contributed by atoms with Gasteiger partial charge in [0.15, 0.2) is 0 Å². The summed E-state index contributed by atoms with van der Waals surface area (Å²) >= 11 is 0. The molecule has 21 heavy (non-hydrogen) atoms. The largest absolute Gasteiger partial charge is 0.312 e. The van der Waals surface area contributed by atoms with E-state index in [0.29, 0.717) is 16.9 Å². The number of hydrogen-bond donors (Lipinski definition) is 1. The van der Waals surface area contributed by atoms with Crippen molar-refractivity contribution < 1.29 is 0 Å². The summed E-state index contributed by atoms with van der Waals surface area (Å²) in [5.74, 6) is 1.76. The molecule has 3 fully saturated rings. The van der Waals surface area contributed by atoms with Gasteiger partial charge in [-0.05, 0) is 61.4 Å². The van der Waals surface area contributed by atoms with Crippen molar-refractivity contribution in [1.82, 2.24) is 10.2 Å². The SMILES string of the molecule is CCC(C)C1CN(C2C3(C)CCC(C3)C2(C)C)CCCN1. The van der Waals surface area contributed by atoms with Gasteiger partial charge in [0.2, 0.25) is 0 Å². The molecule has 2 saturated carbocycles. The third kappa shape index (κ3) is 2.57. The zero-order chi connectivity index (χ0) is 15.3. The van der Waals surface area contributed by atoms with Gasteiger partial charge in [-0.25, -0.2) is 0 Å². The Balaban J connectivity index is 1.81. The first-order chi connectivity index (χ1) is 9.88. The topological polar surface area (TPSA) is 15.3 Å². The number of fused-ring (bicyclic) bond motifs is 2. The smallest absolute Gasteiger partial charge is 0.0220 e. The minimum atomic E-state index is 0.511. The molecule has 3 aliphatic rings. The van der Waals surface area contributed by atoms with Crippen molar-refractivity contribution in [2.45, 2.75) is 78.8 Å². The van der Waals surface area contributed by atoms with E-state index in [2.05, 4.69) is 44.8 Å². The molecule has 1 N–H and O–H groups in total. The number of nitrogens with one attached hydrogen (secondary N) is 1. The van der Waals surface area contributed by atoms with E-state index < -0.39 is 0 Å². The number of nitrogens with zero attached hydrogens (tertiary/aromatic N) is 1. The molecule has 122 valence electrons. The molecular formula is C19H36N2. The highest BCUT2D eigenvalue weighted by Crippen LogP contribution is 2.64. The molecule has 2 heteroatoms. The second kappa shape index (κ2) is 5.53. The molecular weight excluding hydrogens is 256 g/mol. The van der Waals surface area contributed by atoms with Crippen molar-refractivity contribution >= 4 is 0 Å². The summed E-state index contributed by atoms with van der Waals surface area (Å²) in [4.78, 5) is 2.90. The standard InChI is InChI=1S/C19H36N2/c1-6-14(2)16-13-21(11-7-10-20-16)17-18(3,4)15-8-9-19(17,5)12-15/h14-17,20H,6-13H2,1-5H3. The molecule has 3 rings (SSSR count). The van der Waals surface area contributed by atoms with Crippen LogP contribution in [0.1, 0.15) is 66.7 Å². The maximum absolute atomic E-state index is 3.83. The lowest BCUT2D eigenvalue weighted by Crippen LogP contribution is -2.55. The van der Waals surface area contributed by atoms with E-state index in [9.17, 15) is 0 Å². The molecule has 0 amide bonds. The van der Waals surface area contributed by atoms with Gasteiger partial charge in [-0.2, -0.15) is 0 Å². The van der Waals surface area contributed by atoms with Gasteiger partial charge in [0, 0.05) is 18.6 Å². The molecule has 5 unspecified atom stereocenters. The quantitative estimate of drug-likeness (QED) is 0.848. The minimum absolute atomic E-state index is 0.511. The molecule has 1 aliphatic heterocycles. The van der Waals surface area contributed by atoms with E-state index in [1.807, 2.05) is 0 Å². The van der Waals surface area contributed by atoms with Gasteiger partial charge in [0.05, 0.1) is 0 Å². The van der Waals surface area contributed by atoms with Crippen molar-refractivity contribution in [2.24, 2.45) is 22.7 Å². The second-order valence-electron chi connectivity index (χ2n) is 9.11.